The number of rotatable bonds is 5. The molecule has 4 aromatic rings. The molecule has 0 N–H and O–H groups in total. The third-order valence-electron chi connectivity index (χ3n) is 4.91. The lowest BCUT2D eigenvalue weighted by Crippen LogP contribution is -2.26. The van der Waals surface area contributed by atoms with Gasteiger partial charge in [0.2, 0.25) is 0 Å². The fraction of sp³-hybridized carbons (Fsp3) is 0.174. The van der Waals surface area contributed by atoms with Gasteiger partial charge in [0.15, 0.2) is 5.65 Å². The van der Waals surface area contributed by atoms with Crippen molar-refractivity contribution in [2.24, 2.45) is 0 Å². The molecular weight excluding hydrogens is 348 g/mol. The van der Waals surface area contributed by atoms with Crippen LogP contribution in [-0.2, 0) is 13.1 Å². The highest BCUT2D eigenvalue weighted by Crippen LogP contribution is 2.17. The van der Waals surface area contributed by atoms with E-state index in [1.165, 1.54) is 5.56 Å². The van der Waals surface area contributed by atoms with Crippen LogP contribution in [0.4, 0.5) is 0 Å². The van der Waals surface area contributed by atoms with E-state index in [4.69, 9.17) is 0 Å². The number of aryl methyl sites for hydroxylation is 1. The summed E-state index contributed by atoms with van der Waals surface area (Å²) in [4.78, 5) is 19.1. The van der Waals surface area contributed by atoms with Gasteiger partial charge in [-0.25, -0.2) is 9.67 Å². The summed E-state index contributed by atoms with van der Waals surface area (Å²) in [6, 6.07) is 20.1. The van der Waals surface area contributed by atoms with Crippen LogP contribution >= 0.6 is 0 Å². The van der Waals surface area contributed by atoms with E-state index < -0.39 is 0 Å². The highest BCUT2D eigenvalue weighted by Gasteiger charge is 2.15. The maximum atomic E-state index is 12.9. The maximum Gasteiger partial charge on any atom is 0.255 e. The van der Waals surface area contributed by atoms with Gasteiger partial charge in [-0.15, -0.1) is 0 Å². The fourth-order valence-electron chi connectivity index (χ4n) is 3.30. The Kier molecular flexibility index (Phi) is 4.89. The second-order valence-corrected chi connectivity index (χ2v) is 7.01. The first kappa shape index (κ1) is 17.9. The Bertz CT molecular complexity index is 1120. The van der Waals surface area contributed by atoms with Crippen LogP contribution in [0, 0.1) is 6.92 Å². The van der Waals surface area contributed by atoms with Crippen LogP contribution in [0.15, 0.2) is 73.1 Å². The number of fused-ring (bicyclic) bond motifs is 1. The Morgan fingerprint density at radius 3 is 2.57 bits per heavy atom. The van der Waals surface area contributed by atoms with Gasteiger partial charge in [0.1, 0.15) is 0 Å². The summed E-state index contributed by atoms with van der Waals surface area (Å²) in [6.07, 6.45) is 3.41. The summed E-state index contributed by atoms with van der Waals surface area (Å²) in [5.41, 5.74) is 4.83. The average molecular weight is 370 g/mol. The van der Waals surface area contributed by atoms with Gasteiger partial charge < -0.3 is 4.90 Å². The predicted octanol–water partition coefficient (Wildman–Crippen LogP) is 4.06. The van der Waals surface area contributed by atoms with Gasteiger partial charge in [0.05, 0.1) is 18.3 Å². The van der Waals surface area contributed by atoms with Crippen molar-refractivity contribution in [2.45, 2.75) is 20.0 Å². The van der Waals surface area contributed by atoms with Crippen LogP contribution in [0.3, 0.4) is 0 Å². The quantitative estimate of drug-likeness (QED) is 0.532. The minimum absolute atomic E-state index is 0.0477. The molecule has 140 valence electrons. The molecular formula is C23H22N4O. The number of carbonyl (C=O) groups is 1. The number of aromatic nitrogens is 3. The van der Waals surface area contributed by atoms with Crippen molar-refractivity contribution in [3.8, 4) is 0 Å². The monoisotopic (exact) mass is 370 g/mol. The smallest absolute Gasteiger partial charge is 0.255 e. The van der Waals surface area contributed by atoms with Crippen LogP contribution in [0.2, 0.25) is 0 Å². The average Bonchev–Trinajstić information content (AvgIpc) is 3.12. The molecule has 2 aromatic carbocycles. The van der Waals surface area contributed by atoms with Crippen LogP contribution in [0.1, 0.15) is 27.0 Å². The van der Waals surface area contributed by atoms with Crippen LogP contribution in [-0.4, -0.2) is 32.6 Å². The number of hydrogen-bond acceptors (Lipinski definition) is 3. The van der Waals surface area contributed by atoms with E-state index in [0.29, 0.717) is 18.7 Å². The van der Waals surface area contributed by atoms with Gasteiger partial charge in [-0.1, -0.05) is 54.6 Å². The molecule has 0 bridgehead atoms. The molecule has 2 aromatic heterocycles. The largest absolute Gasteiger partial charge is 0.337 e. The molecule has 4 rings (SSSR count). The minimum Gasteiger partial charge on any atom is -0.337 e. The molecule has 0 unspecified atom stereocenters. The summed E-state index contributed by atoms with van der Waals surface area (Å²) in [6.45, 7) is 3.27. The lowest BCUT2D eigenvalue weighted by Gasteiger charge is -2.18. The number of nitrogens with zero attached hydrogens (tertiary/aromatic N) is 4. The topological polar surface area (TPSA) is 51.0 Å². The molecule has 0 aliphatic heterocycles. The van der Waals surface area contributed by atoms with Gasteiger partial charge in [-0.2, -0.15) is 5.10 Å². The Labute approximate surface area is 164 Å². The molecule has 1 amide bonds. The van der Waals surface area contributed by atoms with E-state index >= 15 is 0 Å². The van der Waals surface area contributed by atoms with Crippen molar-refractivity contribution in [3.63, 3.8) is 0 Å². The zero-order valence-electron chi connectivity index (χ0n) is 16.0. The van der Waals surface area contributed by atoms with Gasteiger partial charge in [-0.05, 0) is 29.7 Å². The van der Waals surface area contributed by atoms with Crippen LogP contribution in [0.25, 0.3) is 11.0 Å². The Balaban J connectivity index is 1.54. The molecule has 5 nitrogen and oxygen atoms in total. The Morgan fingerprint density at radius 2 is 1.79 bits per heavy atom. The van der Waals surface area contributed by atoms with E-state index in [1.54, 1.807) is 17.3 Å². The number of carbonyl (C=O) groups excluding carboxylic acids is 1. The normalized spacial score (nSPS) is 10.9. The summed E-state index contributed by atoms with van der Waals surface area (Å²) >= 11 is 0. The van der Waals surface area contributed by atoms with Crippen LogP contribution in [0.5, 0.6) is 0 Å². The molecule has 28 heavy (non-hydrogen) atoms. The summed E-state index contributed by atoms with van der Waals surface area (Å²) in [7, 11) is 1.82. The first-order valence-electron chi connectivity index (χ1n) is 9.27. The summed E-state index contributed by atoms with van der Waals surface area (Å²) in [5, 5.41) is 5.31. The van der Waals surface area contributed by atoms with Gasteiger partial charge in [0.25, 0.3) is 5.91 Å². The van der Waals surface area contributed by atoms with Gasteiger partial charge in [-0.3, -0.25) is 4.79 Å². The molecule has 0 saturated heterocycles. The van der Waals surface area contributed by atoms with Crippen molar-refractivity contribution in [3.05, 3.63) is 95.3 Å². The van der Waals surface area contributed by atoms with Crippen molar-refractivity contribution in [1.29, 1.82) is 0 Å². The molecule has 0 atom stereocenters. The van der Waals surface area contributed by atoms with Gasteiger partial charge in [0, 0.05) is 25.2 Å². The molecule has 5 heteroatoms. The van der Waals surface area contributed by atoms with Crippen molar-refractivity contribution < 1.29 is 4.79 Å². The summed E-state index contributed by atoms with van der Waals surface area (Å²) in [5.74, 6) is -0.0477. The molecule has 0 saturated carbocycles. The van der Waals surface area contributed by atoms with E-state index in [1.807, 2.05) is 54.2 Å². The molecule has 2 heterocycles. The van der Waals surface area contributed by atoms with Crippen LogP contribution < -0.4 is 0 Å². The molecule has 0 radical (unpaired) electrons. The predicted molar refractivity (Wildman–Crippen MR) is 110 cm³/mol. The fourth-order valence-corrected chi connectivity index (χ4v) is 3.30. The number of hydrogen-bond donors (Lipinski definition) is 0. The lowest BCUT2D eigenvalue weighted by molar-refractivity contribution is 0.0784. The molecule has 0 aliphatic carbocycles. The first-order valence-corrected chi connectivity index (χ1v) is 9.27. The third kappa shape index (κ3) is 3.64. The zero-order chi connectivity index (χ0) is 19.5. The summed E-state index contributed by atoms with van der Waals surface area (Å²) < 4.78 is 1.86. The van der Waals surface area contributed by atoms with Crippen molar-refractivity contribution in [1.82, 2.24) is 19.7 Å². The Hall–Kier alpha value is -3.47. The highest BCUT2D eigenvalue weighted by molar-refractivity contribution is 5.96. The molecule has 0 fully saturated rings. The van der Waals surface area contributed by atoms with E-state index in [9.17, 15) is 4.79 Å². The zero-order valence-corrected chi connectivity index (χ0v) is 16.0. The second-order valence-electron chi connectivity index (χ2n) is 7.01. The SMILES string of the molecule is Cc1ccccc1CN(C)C(=O)c1cnc2c(cnn2Cc2ccccc2)c1. The van der Waals surface area contributed by atoms with E-state index in [-0.39, 0.29) is 5.91 Å². The third-order valence-corrected chi connectivity index (χ3v) is 4.91. The van der Waals surface area contributed by atoms with Gasteiger partial charge >= 0.3 is 0 Å². The maximum absolute atomic E-state index is 12.9. The van der Waals surface area contributed by atoms with E-state index in [0.717, 1.165) is 22.2 Å². The van der Waals surface area contributed by atoms with E-state index in [2.05, 4.69) is 35.2 Å². The second kappa shape index (κ2) is 7.64. The number of pyridine rings is 1. The lowest BCUT2D eigenvalue weighted by atomic mass is 10.1. The standard InChI is InChI=1S/C23H22N4O/c1-17-8-6-7-11-19(17)16-26(2)23(28)21-12-20-14-25-27(22(20)24-13-21)15-18-9-4-3-5-10-18/h3-14H,15-16H2,1-2H3. The molecule has 0 aliphatic rings. The highest BCUT2D eigenvalue weighted by atomic mass is 16.2. The van der Waals surface area contributed by atoms with Crippen molar-refractivity contribution >= 4 is 16.9 Å². The Morgan fingerprint density at radius 1 is 1.04 bits per heavy atom. The molecule has 0 spiro atoms. The van der Waals surface area contributed by atoms with Crippen molar-refractivity contribution in [2.75, 3.05) is 7.05 Å². The number of amides is 1. The number of benzene rings is 2. The minimum atomic E-state index is -0.0477. The first-order chi connectivity index (χ1) is 13.6.